The van der Waals surface area contributed by atoms with Crippen LogP contribution in [0.4, 0.5) is 0 Å². The molecule has 31 heavy (non-hydrogen) atoms. The number of benzene rings is 2. The number of nitrogens with zero attached hydrogens (tertiary/aromatic N) is 2. The first kappa shape index (κ1) is 20.5. The molecule has 2 heterocycles. The Morgan fingerprint density at radius 3 is 2.81 bits per heavy atom. The fraction of sp³-hybridized carbons (Fsp3) is 0.261. The van der Waals surface area contributed by atoms with Crippen molar-refractivity contribution in [1.29, 1.82) is 0 Å². The van der Waals surface area contributed by atoms with Crippen LogP contribution in [-0.4, -0.2) is 36.1 Å². The number of carbonyl (C=O) groups is 1. The minimum atomic E-state index is -0.765. The van der Waals surface area contributed by atoms with Crippen LogP contribution >= 0.6 is 0 Å². The third-order valence-corrected chi connectivity index (χ3v) is 5.13. The number of nitrogens with one attached hydrogen (secondary N) is 1. The predicted octanol–water partition coefficient (Wildman–Crippen LogP) is 2.57. The van der Waals surface area contributed by atoms with Gasteiger partial charge in [0.1, 0.15) is 11.8 Å². The highest BCUT2D eigenvalue weighted by atomic mass is 16.7. The maximum absolute atomic E-state index is 12.7. The summed E-state index contributed by atoms with van der Waals surface area (Å²) in [6, 6.07) is 15.4. The number of methoxy groups -OCH3 is 1. The molecule has 0 saturated heterocycles. The fourth-order valence-electron chi connectivity index (χ4n) is 3.40. The molecule has 1 unspecified atom stereocenters. The third kappa shape index (κ3) is 4.37. The maximum atomic E-state index is 12.7. The number of hydrogen-bond donors (Lipinski definition) is 1. The van der Waals surface area contributed by atoms with E-state index in [0.717, 1.165) is 16.9 Å². The van der Waals surface area contributed by atoms with Crippen molar-refractivity contribution in [1.82, 2.24) is 15.1 Å². The molecule has 8 nitrogen and oxygen atoms in total. The second-order valence-electron chi connectivity index (χ2n) is 7.10. The Bertz CT molecular complexity index is 1160. The SMILES string of the molecule is COc1ccccc1CCNC(=O)C(C)n1nc(-c2ccc3c(c2)OCO3)ccc1=O. The zero-order chi connectivity index (χ0) is 21.8. The van der Waals surface area contributed by atoms with E-state index in [-0.39, 0.29) is 18.3 Å². The molecular formula is C23H23N3O5. The lowest BCUT2D eigenvalue weighted by molar-refractivity contribution is -0.124. The number of amides is 1. The van der Waals surface area contributed by atoms with Gasteiger partial charge in [0.05, 0.1) is 12.8 Å². The van der Waals surface area contributed by atoms with Crippen molar-refractivity contribution < 1.29 is 19.0 Å². The summed E-state index contributed by atoms with van der Waals surface area (Å²) < 4.78 is 17.3. The highest BCUT2D eigenvalue weighted by Gasteiger charge is 2.19. The van der Waals surface area contributed by atoms with E-state index in [1.807, 2.05) is 30.3 Å². The largest absolute Gasteiger partial charge is 0.496 e. The van der Waals surface area contributed by atoms with Crippen LogP contribution in [0.1, 0.15) is 18.5 Å². The van der Waals surface area contributed by atoms with E-state index in [0.29, 0.717) is 30.2 Å². The average Bonchev–Trinajstić information content (AvgIpc) is 3.27. The number of ether oxygens (including phenoxy) is 3. The number of carbonyl (C=O) groups excluding carboxylic acids is 1. The van der Waals surface area contributed by atoms with E-state index in [1.54, 1.807) is 32.2 Å². The molecule has 1 N–H and O–H groups in total. The zero-order valence-corrected chi connectivity index (χ0v) is 17.3. The van der Waals surface area contributed by atoms with Gasteiger partial charge >= 0.3 is 0 Å². The summed E-state index contributed by atoms with van der Waals surface area (Å²) in [5.41, 5.74) is 1.98. The fourth-order valence-corrected chi connectivity index (χ4v) is 3.40. The van der Waals surface area contributed by atoms with Crippen molar-refractivity contribution >= 4 is 5.91 Å². The van der Waals surface area contributed by atoms with E-state index in [2.05, 4.69) is 10.4 Å². The standard InChI is InChI=1S/C23H23N3O5/c1-15(23(28)24-12-11-16-5-3-4-6-19(16)29-2)26-22(27)10-8-18(25-26)17-7-9-20-21(13-17)31-14-30-20/h3-10,13,15H,11-12,14H2,1-2H3,(H,24,28). The summed E-state index contributed by atoms with van der Waals surface area (Å²) >= 11 is 0. The van der Waals surface area contributed by atoms with Gasteiger partial charge in [0.2, 0.25) is 12.7 Å². The van der Waals surface area contributed by atoms with E-state index < -0.39 is 6.04 Å². The lowest BCUT2D eigenvalue weighted by Crippen LogP contribution is -2.37. The van der Waals surface area contributed by atoms with Gasteiger partial charge in [0, 0.05) is 18.2 Å². The van der Waals surface area contributed by atoms with Gasteiger partial charge in [-0.3, -0.25) is 9.59 Å². The third-order valence-electron chi connectivity index (χ3n) is 5.13. The van der Waals surface area contributed by atoms with Crippen molar-refractivity contribution in [2.45, 2.75) is 19.4 Å². The minimum Gasteiger partial charge on any atom is -0.496 e. The number of aromatic nitrogens is 2. The van der Waals surface area contributed by atoms with Gasteiger partial charge in [-0.25, -0.2) is 4.68 Å². The van der Waals surface area contributed by atoms with Crippen molar-refractivity contribution in [2.75, 3.05) is 20.4 Å². The highest BCUT2D eigenvalue weighted by Crippen LogP contribution is 2.35. The van der Waals surface area contributed by atoms with Gasteiger partial charge in [-0.15, -0.1) is 0 Å². The van der Waals surface area contributed by atoms with Gasteiger partial charge in [0.15, 0.2) is 11.5 Å². The van der Waals surface area contributed by atoms with Crippen molar-refractivity contribution in [2.24, 2.45) is 0 Å². The summed E-state index contributed by atoms with van der Waals surface area (Å²) in [6.07, 6.45) is 0.613. The monoisotopic (exact) mass is 421 g/mol. The summed E-state index contributed by atoms with van der Waals surface area (Å²) in [7, 11) is 1.62. The van der Waals surface area contributed by atoms with Gasteiger partial charge in [-0.1, -0.05) is 18.2 Å². The first-order valence-electron chi connectivity index (χ1n) is 9.96. The molecule has 4 rings (SSSR count). The lowest BCUT2D eigenvalue weighted by Gasteiger charge is -2.15. The molecule has 1 atom stereocenters. The van der Waals surface area contributed by atoms with E-state index in [4.69, 9.17) is 14.2 Å². The van der Waals surface area contributed by atoms with Crippen LogP contribution in [-0.2, 0) is 11.2 Å². The summed E-state index contributed by atoms with van der Waals surface area (Å²) in [5.74, 6) is 1.78. The molecule has 1 aliphatic rings. The number of hydrogen-bond acceptors (Lipinski definition) is 6. The maximum Gasteiger partial charge on any atom is 0.267 e. The smallest absolute Gasteiger partial charge is 0.267 e. The average molecular weight is 421 g/mol. The second-order valence-corrected chi connectivity index (χ2v) is 7.10. The van der Waals surface area contributed by atoms with Crippen LogP contribution in [0.2, 0.25) is 0 Å². The molecule has 0 fully saturated rings. The molecule has 0 saturated carbocycles. The molecule has 1 aromatic heterocycles. The number of para-hydroxylation sites is 1. The normalized spacial score (nSPS) is 13.0. The Balaban J connectivity index is 1.46. The van der Waals surface area contributed by atoms with Crippen molar-refractivity contribution in [3.05, 3.63) is 70.5 Å². The topological polar surface area (TPSA) is 91.7 Å². The predicted molar refractivity (Wildman–Crippen MR) is 114 cm³/mol. The zero-order valence-electron chi connectivity index (χ0n) is 17.3. The molecule has 1 amide bonds. The Labute approximate surface area is 179 Å². The molecule has 8 heteroatoms. The molecule has 2 aromatic carbocycles. The van der Waals surface area contributed by atoms with E-state index >= 15 is 0 Å². The molecule has 0 radical (unpaired) electrons. The van der Waals surface area contributed by atoms with Crippen LogP contribution in [0.15, 0.2) is 59.4 Å². The molecule has 0 aliphatic carbocycles. The second kappa shape index (κ2) is 8.91. The number of rotatable bonds is 7. The van der Waals surface area contributed by atoms with Crippen LogP contribution in [0.3, 0.4) is 0 Å². The molecule has 0 bridgehead atoms. The Morgan fingerprint density at radius 2 is 1.97 bits per heavy atom. The molecule has 0 spiro atoms. The van der Waals surface area contributed by atoms with E-state index in [1.165, 1.54) is 10.7 Å². The molecular weight excluding hydrogens is 398 g/mol. The quantitative estimate of drug-likeness (QED) is 0.631. The van der Waals surface area contributed by atoms with Crippen LogP contribution < -0.4 is 25.1 Å². The van der Waals surface area contributed by atoms with Crippen LogP contribution in [0, 0.1) is 0 Å². The lowest BCUT2D eigenvalue weighted by atomic mass is 10.1. The van der Waals surface area contributed by atoms with Gasteiger partial charge in [-0.2, -0.15) is 5.10 Å². The first-order chi connectivity index (χ1) is 15.1. The van der Waals surface area contributed by atoms with Crippen LogP contribution in [0.5, 0.6) is 17.2 Å². The number of fused-ring (bicyclic) bond motifs is 1. The van der Waals surface area contributed by atoms with Gasteiger partial charge < -0.3 is 19.5 Å². The van der Waals surface area contributed by atoms with Crippen molar-refractivity contribution in [3.8, 4) is 28.5 Å². The van der Waals surface area contributed by atoms with Gasteiger partial charge in [-0.05, 0) is 49.2 Å². The summed E-state index contributed by atoms with van der Waals surface area (Å²) in [6.45, 7) is 2.24. The first-order valence-corrected chi connectivity index (χ1v) is 9.96. The molecule has 160 valence electrons. The minimum absolute atomic E-state index is 0.178. The van der Waals surface area contributed by atoms with E-state index in [9.17, 15) is 9.59 Å². The van der Waals surface area contributed by atoms with Crippen LogP contribution in [0.25, 0.3) is 11.3 Å². The Morgan fingerprint density at radius 1 is 1.16 bits per heavy atom. The molecule has 1 aliphatic heterocycles. The van der Waals surface area contributed by atoms with Gasteiger partial charge in [0.25, 0.3) is 5.56 Å². The highest BCUT2D eigenvalue weighted by molar-refractivity contribution is 5.79. The Hall–Kier alpha value is -3.81. The van der Waals surface area contributed by atoms with Crippen molar-refractivity contribution in [3.63, 3.8) is 0 Å². The summed E-state index contributed by atoms with van der Waals surface area (Å²) in [4.78, 5) is 25.0. The Kier molecular flexibility index (Phi) is 5.88. The molecule has 3 aromatic rings. The summed E-state index contributed by atoms with van der Waals surface area (Å²) in [5, 5.41) is 7.28.